The molecule has 45 heavy (non-hydrogen) atoms. The summed E-state index contributed by atoms with van der Waals surface area (Å²) in [6, 6.07) is 35.3. The van der Waals surface area contributed by atoms with Crippen LogP contribution in [0.5, 0.6) is 0 Å². The third-order valence-electron chi connectivity index (χ3n) is 9.90. The summed E-state index contributed by atoms with van der Waals surface area (Å²) in [6.45, 7) is 20.3. The SMILES string of the molecule is CC[Si](C#CC[C@H](COC(c1ccccc1)(c1ccccc1)c1ccccc1)OCCCCO[Si](C)(C)C(C)(C)C)(CC)CC. The van der Waals surface area contributed by atoms with Crippen molar-refractivity contribution in [2.45, 2.75) is 109 Å². The first-order valence-corrected chi connectivity index (χ1v) is 22.6. The lowest BCUT2D eigenvalue weighted by atomic mass is 9.80. The average molecular weight is 643 g/mol. The van der Waals surface area contributed by atoms with Crippen LogP contribution in [0.15, 0.2) is 91.0 Å². The van der Waals surface area contributed by atoms with E-state index in [4.69, 9.17) is 13.9 Å². The molecule has 0 heterocycles. The fraction of sp³-hybridized carbons (Fsp3) is 0.500. The molecule has 3 aromatic carbocycles. The van der Waals surface area contributed by atoms with Gasteiger partial charge in [0.25, 0.3) is 0 Å². The molecule has 0 fully saturated rings. The number of hydrogen-bond donors (Lipinski definition) is 0. The maximum atomic E-state index is 7.17. The van der Waals surface area contributed by atoms with Gasteiger partial charge in [-0.2, -0.15) is 0 Å². The predicted molar refractivity (Wildman–Crippen MR) is 197 cm³/mol. The van der Waals surface area contributed by atoms with Crippen molar-refractivity contribution >= 4 is 16.4 Å². The molecule has 244 valence electrons. The maximum Gasteiger partial charge on any atom is 0.191 e. The van der Waals surface area contributed by atoms with Crippen LogP contribution >= 0.6 is 0 Å². The summed E-state index contributed by atoms with van der Waals surface area (Å²) in [7, 11) is -3.29. The molecule has 1 atom stereocenters. The summed E-state index contributed by atoms with van der Waals surface area (Å²) in [5.41, 5.74) is 6.31. The first-order valence-electron chi connectivity index (χ1n) is 17.1. The molecule has 0 aliphatic heterocycles. The van der Waals surface area contributed by atoms with Gasteiger partial charge in [0.1, 0.15) is 13.7 Å². The van der Waals surface area contributed by atoms with Gasteiger partial charge in [-0.1, -0.05) is 133 Å². The molecule has 0 unspecified atom stereocenters. The fourth-order valence-electron chi connectivity index (χ4n) is 5.52. The Balaban J connectivity index is 1.86. The van der Waals surface area contributed by atoms with Crippen LogP contribution in [0.3, 0.4) is 0 Å². The van der Waals surface area contributed by atoms with Gasteiger partial charge in [0.15, 0.2) is 8.32 Å². The summed E-state index contributed by atoms with van der Waals surface area (Å²) in [6.07, 6.45) is 2.48. The van der Waals surface area contributed by atoms with Crippen LogP contribution in [0.1, 0.15) is 77.5 Å². The molecule has 3 aromatic rings. The molecule has 0 aliphatic rings. The van der Waals surface area contributed by atoms with E-state index in [9.17, 15) is 0 Å². The van der Waals surface area contributed by atoms with Gasteiger partial charge < -0.3 is 13.9 Å². The molecule has 0 bridgehead atoms. The smallest absolute Gasteiger partial charge is 0.191 e. The van der Waals surface area contributed by atoms with E-state index in [1.807, 2.05) is 0 Å². The molecule has 3 rings (SSSR count). The van der Waals surface area contributed by atoms with Crippen molar-refractivity contribution in [3.05, 3.63) is 108 Å². The van der Waals surface area contributed by atoms with Gasteiger partial charge >= 0.3 is 0 Å². The van der Waals surface area contributed by atoms with Gasteiger partial charge in [-0.25, -0.2) is 0 Å². The minimum atomic E-state index is -1.74. The standard InChI is InChI=1S/C40H58O3Si2/c1-9-45(10-2,11-3)33-23-30-38(41-31-21-22-32-43-44(7,8)39(4,5)6)34-42-40(35-24-15-12-16-25-35,36-26-17-13-18-27-36)37-28-19-14-20-29-37/h12-20,24-29,38H,9-11,21-22,30-32,34H2,1-8H3/t38-/m1/s1. The van der Waals surface area contributed by atoms with E-state index in [0.717, 1.165) is 36.1 Å². The van der Waals surface area contributed by atoms with Gasteiger partial charge in [0.05, 0.1) is 12.7 Å². The Labute approximate surface area is 277 Å². The summed E-state index contributed by atoms with van der Waals surface area (Å²) in [4.78, 5) is 0. The first-order chi connectivity index (χ1) is 21.5. The normalized spacial score (nSPS) is 13.2. The summed E-state index contributed by atoms with van der Waals surface area (Å²) in [5, 5.41) is 0.224. The highest BCUT2D eigenvalue weighted by Gasteiger charge is 2.39. The Morgan fingerprint density at radius 3 is 1.53 bits per heavy atom. The van der Waals surface area contributed by atoms with E-state index in [1.165, 1.54) is 18.1 Å². The number of ether oxygens (including phenoxy) is 2. The highest BCUT2D eigenvalue weighted by Crippen LogP contribution is 2.41. The van der Waals surface area contributed by atoms with Gasteiger partial charge in [-0.05, 0) is 65.8 Å². The van der Waals surface area contributed by atoms with Crippen molar-refractivity contribution < 1.29 is 13.9 Å². The van der Waals surface area contributed by atoms with Crippen molar-refractivity contribution in [3.8, 4) is 11.5 Å². The number of rotatable bonds is 17. The third-order valence-corrected chi connectivity index (χ3v) is 19.2. The Morgan fingerprint density at radius 1 is 0.667 bits per heavy atom. The quantitative estimate of drug-likeness (QED) is 0.0635. The molecular formula is C40H58O3Si2. The zero-order chi connectivity index (χ0) is 32.8. The van der Waals surface area contributed by atoms with Crippen LogP contribution in [0.4, 0.5) is 0 Å². The van der Waals surface area contributed by atoms with Crippen LogP contribution < -0.4 is 0 Å². The van der Waals surface area contributed by atoms with E-state index in [-0.39, 0.29) is 11.1 Å². The second kappa shape index (κ2) is 17.5. The lowest BCUT2D eigenvalue weighted by Gasteiger charge is -2.37. The minimum Gasteiger partial charge on any atom is -0.417 e. The van der Waals surface area contributed by atoms with Crippen molar-refractivity contribution in [1.82, 2.24) is 0 Å². The lowest BCUT2D eigenvalue weighted by Crippen LogP contribution is -2.41. The Kier molecular flexibility index (Phi) is 14.3. The van der Waals surface area contributed by atoms with E-state index in [0.29, 0.717) is 19.6 Å². The highest BCUT2D eigenvalue weighted by molar-refractivity contribution is 6.87. The monoisotopic (exact) mass is 642 g/mol. The highest BCUT2D eigenvalue weighted by atomic mass is 28.4. The number of hydrogen-bond acceptors (Lipinski definition) is 3. The molecule has 0 saturated heterocycles. The molecule has 0 aliphatic carbocycles. The predicted octanol–water partition coefficient (Wildman–Crippen LogP) is 10.6. The van der Waals surface area contributed by atoms with E-state index < -0.39 is 22.0 Å². The largest absolute Gasteiger partial charge is 0.417 e. The van der Waals surface area contributed by atoms with Gasteiger partial charge in [0.2, 0.25) is 0 Å². The van der Waals surface area contributed by atoms with Crippen molar-refractivity contribution in [3.63, 3.8) is 0 Å². The van der Waals surface area contributed by atoms with E-state index in [1.54, 1.807) is 0 Å². The molecule has 0 spiro atoms. The van der Waals surface area contributed by atoms with E-state index >= 15 is 0 Å². The Hall–Kier alpha value is -2.47. The van der Waals surface area contributed by atoms with Crippen LogP contribution in [0, 0.1) is 11.5 Å². The maximum absolute atomic E-state index is 7.17. The van der Waals surface area contributed by atoms with Crippen LogP contribution in [-0.2, 0) is 19.5 Å². The summed E-state index contributed by atoms with van der Waals surface area (Å²) >= 11 is 0. The second-order valence-electron chi connectivity index (χ2n) is 13.7. The zero-order valence-electron chi connectivity index (χ0n) is 29.3. The summed E-state index contributed by atoms with van der Waals surface area (Å²) in [5.74, 6) is 3.61. The molecule has 0 radical (unpaired) electrons. The fourth-order valence-corrected chi connectivity index (χ4v) is 9.11. The Bertz CT molecular complexity index is 1200. The second-order valence-corrected chi connectivity index (χ2v) is 23.5. The first kappa shape index (κ1) is 37.0. The molecule has 5 heteroatoms. The average Bonchev–Trinajstić information content (AvgIpc) is 3.06. The van der Waals surface area contributed by atoms with Gasteiger partial charge in [0, 0.05) is 19.6 Å². The number of unbranched alkanes of at least 4 members (excludes halogenated alkanes) is 1. The van der Waals surface area contributed by atoms with Gasteiger partial charge in [-0.3, -0.25) is 0 Å². The summed E-state index contributed by atoms with van der Waals surface area (Å²) < 4.78 is 20.2. The topological polar surface area (TPSA) is 27.7 Å². The van der Waals surface area contributed by atoms with Crippen molar-refractivity contribution in [1.29, 1.82) is 0 Å². The van der Waals surface area contributed by atoms with Crippen molar-refractivity contribution in [2.75, 3.05) is 19.8 Å². The van der Waals surface area contributed by atoms with Crippen molar-refractivity contribution in [2.24, 2.45) is 0 Å². The zero-order valence-corrected chi connectivity index (χ0v) is 31.3. The third kappa shape index (κ3) is 10.0. The molecule has 0 N–H and O–H groups in total. The molecule has 0 amide bonds. The lowest BCUT2D eigenvalue weighted by molar-refractivity contribution is -0.0637. The van der Waals surface area contributed by atoms with E-state index in [2.05, 4.69) is 157 Å². The van der Waals surface area contributed by atoms with Crippen LogP contribution in [0.25, 0.3) is 0 Å². The molecular weight excluding hydrogens is 585 g/mol. The van der Waals surface area contributed by atoms with Gasteiger partial charge in [-0.15, -0.1) is 11.5 Å². The molecule has 0 aromatic heterocycles. The van der Waals surface area contributed by atoms with Crippen LogP contribution in [-0.4, -0.2) is 42.3 Å². The minimum absolute atomic E-state index is 0.133. The number of benzene rings is 3. The molecule has 3 nitrogen and oxygen atoms in total. The Morgan fingerprint density at radius 2 is 1.11 bits per heavy atom. The van der Waals surface area contributed by atoms with Crippen LogP contribution in [0.2, 0.25) is 36.3 Å². The molecule has 0 saturated carbocycles.